The van der Waals surface area contributed by atoms with Crippen molar-refractivity contribution in [2.45, 2.75) is 39.5 Å². The number of nitrogens with two attached hydrogens (primary N) is 1. The van der Waals surface area contributed by atoms with Crippen LogP contribution in [0.5, 0.6) is 0 Å². The smallest absolute Gasteiger partial charge is 0.308 e. The lowest BCUT2D eigenvalue weighted by Crippen LogP contribution is -2.21. The predicted molar refractivity (Wildman–Crippen MR) is 60.6 cm³/mol. The maximum atomic E-state index is 11.4. The highest BCUT2D eigenvalue weighted by Gasteiger charge is 2.17. The molecule has 0 heterocycles. The molecule has 0 atom stereocenters. The van der Waals surface area contributed by atoms with E-state index in [1.54, 1.807) is 0 Å². The second-order valence-corrected chi connectivity index (χ2v) is 3.23. The van der Waals surface area contributed by atoms with Crippen LogP contribution < -0.4 is 5.73 Å². The number of halogens is 1. The van der Waals surface area contributed by atoms with Crippen molar-refractivity contribution in [1.82, 2.24) is 0 Å². The van der Waals surface area contributed by atoms with Crippen molar-refractivity contribution in [3.8, 4) is 0 Å². The van der Waals surface area contributed by atoms with Gasteiger partial charge in [0.1, 0.15) is 6.61 Å². The molecule has 0 fully saturated rings. The lowest BCUT2D eigenvalue weighted by Gasteiger charge is -2.13. The minimum Gasteiger partial charge on any atom is -0.464 e. The standard InChI is InChI=1S/C10H21NO2.ClH/c1-3-5-9(6-4-2)10(12)13-8-7-11;/h9H,3-8,11H2,1-2H3;1H. The highest BCUT2D eigenvalue weighted by Crippen LogP contribution is 2.14. The molecule has 0 aliphatic rings. The van der Waals surface area contributed by atoms with Crippen molar-refractivity contribution < 1.29 is 9.53 Å². The summed E-state index contributed by atoms with van der Waals surface area (Å²) >= 11 is 0. The van der Waals surface area contributed by atoms with Crippen LogP contribution in [-0.2, 0) is 9.53 Å². The maximum Gasteiger partial charge on any atom is 0.308 e. The molecule has 0 saturated carbocycles. The van der Waals surface area contributed by atoms with Crippen LogP contribution in [-0.4, -0.2) is 19.1 Å². The third-order valence-electron chi connectivity index (χ3n) is 1.97. The SMILES string of the molecule is CCCC(CCC)C(=O)OCCN.Cl. The van der Waals surface area contributed by atoms with Crippen LogP contribution >= 0.6 is 12.4 Å². The van der Waals surface area contributed by atoms with Crippen molar-refractivity contribution in [3.63, 3.8) is 0 Å². The maximum absolute atomic E-state index is 11.4. The van der Waals surface area contributed by atoms with Gasteiger partial charge >= 0.3 is 5.97 Å². The molecular weight excluding hydrogens is 202 g/mol. The first-order valence-corrected chi connectivity index (χ1v) is 5.12. The molecule has 0 aromatic heterocycles. The number of ether oxygens (including phenoxy) is 1. The number of rotatable bonds is 7. The lowest BCUT2D eigenvalue weighted by atomic mass is 9.99. The zero-order valence-corrected chi connectivity index (χ0v) is 9.94. The van der Waals surface area contributed by atoms with E-state index >= 15 is 0 Å². The Bertz CT molecular complexity index is 136. The van der Waals surface area contributed by atoms with E-state index in [0.717, 1.165) is 25.7 Å². The highest BCUT2D eigenvalue weighted by molar-refractivity contribution is 5.85. The van der Waals surface area contributed by atoms with Gasteiger partial charge in [0, 0.05) is 6.54 Å². The van der Waals surface area contributed by atoms with Crippen LogP contribution in [0.4, 0.5) is 0 Å². The van der Waals surface area contributed by atoms with Crippen LogP contribution in [0.2, 0.25) is 0 Å². The molecule has 14 heavy (non-hydrogen) atoms. The zero-order chi connectivity index (χ0) is 10.1. The van der Waals surface area contributed by atoms with Gasteiger partial charge in [-0.3, -0.25) is 4.79 Å². The average molecular weight is 224 g/mol. The van der Waals surface area contributed by atoms with Gasteiger partial charge < -0.3 is 10.5 Å². The zero-order valence-electron chi connectivity index (χ0n) is 9.12. The van der Waals surface area contributed by atoms with Crippen molar-refractivity contribution in [2.75, 3.05) is 13.2 Å². The predicted octanol–water partition coefficient (Wildman–Crippen LogP) is 2.13. The van der Waals surface area contributed by atoms with E-state index in [9.17, 15) is 4.79 Å². The molecule has 3 nitrogen and oxygen atoms in total. The van der Waals surface area contributed by atoms with Crippen LogP contribution in [0.1, 0.15) is 39.5 Å². The summed E-state index contributed by atoms with van der Waals surface area (Å²) in [5.41, 5.74) is 5.25. The first-order chi connectivity index (χ1) is 6.26. The van der Waals surface area contributed by atoms with E-state index < -0.39 is 0 Å². The summed E-state index contributed by atoms with van der Waals surface area (Å²) in [7, 11) is 0. The molecule has 86 valence electrons. The summed E-state index contributed by atoms with van der Waals surface area (Å²) in [6.07, 6.45) is 3.92. The Morgan fingerprint density at radius 1 is 1.29 bits per heavy atom. The van der Waals surface area contributed by atoms with Crippen LogP contribution in [0.15, 0.2) is 0 Å². The van der Waals surface area contributed by atoms with Crippen molar-refractivity contribution in [2.24, 2.45) is 11.7 Å². The van der Waals surface area contributed by atoms with Crippen LogP contribution in [0, 0.1) is 5.92 Å². The van der Waals surface area contributed by atoms with E-state index in [-0.39, 0.29) is 24.3 Å². The quantitative estimate of drug-likeness (QED) is 0.673. The number of carbonyl (C=O) groups is 1. The Balaban J connectivity index is 0. The molecule has 0 spiro atoms. The van der Waals surface area contributed by atoms with Crippen molar-refractivity contribution >= 4 is 18.4 Å². The van der Waals surface area contributed by atoms with Gasteiger partial charge in [-0.15, -0.1) is 12.4 Å². The third-order valence-corrected chi connectivity index (χ3v) is 1.97. The molecular formula is C10H22ClNO2. The Kier molecular flexibility index (Phi) is 12.5. The first kappa shape index (κ1) is 16.2. The molecule has 0 radical (unpaired) electrons. The highest BCUT2D eigenvalue weighted by atomic mass is 35.5. The fraction of sp³-hybridized carbons (Fsp3) is 0.900. The van der Waals surface area contributed by atoms with Gasteiger partial charge in [0.25, 0.3) is 0 Å². The van der Waals surface area contributed by atoms with Gasteiger partial charge in [-0.2, -0.15) is 0 Å². The van der Waals surface area contributed by atoms with Crippen molar-refractivity contribution in [1.29, 1.82) is 0 Å². The largest absolute Gasteiger partial charge is 0.464 e. The number of carbonyl (C=O) groups excluding carboxylic acids is 1. The number of hydrogen-bond donors (Lipinski definition) is 1. The summed E-state index contributed by atoms with van der Waals surface area (Å²) < 4.78 is 4.99. The molecule has 0 aromatic carbocycles. The van der Waals surface area contributed by atoms with Crippen molar-refractivity contribution in [3.05, 3.63) is 0 Å². The Hall–Kier alpha value is -0.280. The van der Waals surface area contributed by atoms with Gasteiger partial charge in [-0.05, 0) is 12.8 Å². The van der Waals surface area contributed by atoms with Gasteiger partial charge in [0.05, 0.1) is 5.92 Å². The topological polar surface area (TPSA) is 52.3 Å². The lowest BCUT2D eigenvalue weighted by molar-refractivity contribution is -0.148. The Labute approximate surface area is 92.8 Å². The molecule has 0 unspecified atom stereocenters. The monoisotopic (exact) mass is 223 g/mol. The van der Waals surface area contributed by atoms with Gasteiger partial charge in [-0.1, -0.05) is 26.7 Å². The molecule has 0 amide bonds. The minimum atomic E-state index is -0.0749. The van der Waals surface area contributed by atoms with Gasteiger partial charge in [0.15, 0.2) is 0 Å². The van der Waals surface area contributed by atoms with E-state index in [4.69, 9.17) is 10.5 Å². The molecule has 0 aromatic rings. The van der Waals surface area contributed by atoms with E-state index in [1.807, 2.05) is 0 Å². The number of esters is 1. The van der Waals surface area contributed by atoms with E-state index in [1.165, 1.54) is 0 Å². The van der Waals surface area contributed by atoms with Crippen LogP contribution in [0.25, 0.3) is 0 Å². The first-order valence-electron chi connectivity index (χ1n) is 5.12. The molecule has 2 N–H and O–H groups in total. The molecule has 4 heteroatoms. The summed E-state index contributed by atoms with van der Waals surface area (Å²) in [6, 6.07) is 0. The summed E-state index contributed by atoms with van der Waals surface area (Å²) in [6.45, 7) is 4.93. The second kappa shape index (κ2) is 10.8. The summed E-state index contributed by atoms with van der Waals surface area (Å²) in [4.78, 5) is 11.4. The summed E-state index contributed by atoms with van der Waals surface area (Å²) in [5, 5.41) is 0. The molecule has 0 bridgehead atoms. The van der Waals surface area contributed by atoms with Crippen LogP contribution in [0.3, 0.4) is 0 Å². The average Bonchev–Trinajstić information content (AvgIpc) is 2.14. The molecule has 0 saturated heterocycles. The molecule has 0 aliphatic carbocycles. The number of hydrogen-bond acceptors (Lipinski definition) is 3. The third kappa shape index (κ3) is 7.15. The Morgan fingerprint density at radius 3 is 2.14 bits per heavy atom. The Morgan fingerprint density at radius 2 is 1.79 bits per heavy atom. The summed E-state index contributed by atoms with van der Waals surface area (Å²) in [5.74, 6) is 0.00991. The van der Waals surface area contributed by atoms with E-state index in [0.29, 0.717) is 13.2 Å². The fourth-order valence-corrected chi connectivity index (χ4v) is 1.35. The normalized spacial score (nSPS) is 9.71. The van der Waals surface area contributed by atoms with Gasteiger partial charge in [0.2, 0.25) is 0 Å². The fourth-order valence-electron chi connectivity index (χ4n) is 1.35. The second-order valence-electron chi connectivity index (χ2n) is 3.23. The minimum absolute atomic E-state index is 0. The van der Waals surface area contributed by atoms with E-state index in [2.05, 4.69) is 13.8 Å². The van der Waals surface area contributed by atoms with Gasteiger partial charge in [-0.25, -0.2) is 0 Å². The molecule has 0 aliphatic heterocycles. The molecule has 0 rings (SSSR count).